The highest BCUT2D eigenvalue weighted by molar-refractivity contribution is 5.97. The van der Waals surface area contributed by atoms with Gasteiger partial charge in [-0.05, 0) is 31.5 Å². The number of benzene rings is 1. The zero-order chi connectivity index (χ0) is 21.7. The lowest BCUT2D eigenvalue weighted by molar-refractivity contribution is -0.153. The molecule has 0 radical (unpaired) electrons. The van der Waals surface area contributed by atoms with Crippen molar-refractivity contribution in [3.8, 4) is 5.75 Å². The summed E-state index contributed by atoms with van der Waals surface area (Å²) in [4.78, 5) is 29.0. The van der Waals surface area contributed by atoms with Crippen molar-refractivity contribution in [3.05, 3.63) is 24.0 Å². The van der Waals surface area contributed by atoms with E-state index >= 15 is 0 Å². The Labute approximate surface area is 172 Å². The van der Waals surface area contributed by atoms with Crippen LogP contribution in [0.15, 0.2) is 18.2 Å². The second kappa shape index (κ2) is 9.63. The van der Waals surface area contributed by atoms with Crippen LogP contribution in [0.1, 0.15) is 25.7 Å². The van der Waals surface area contributed by atoms with Crippen LogP contribution in [0, 0.1) is 5.82 Å². The molecule has 0 bridgehead atoms. The Morgan fingerprint density at radius 1 is 0.967 bits per heavy atom. The normalized spacial score (nSPS) is 18.8. The van der Waals surface area contributed by atoms with Crippen LogP contribution in [0.25, 0.3) is 0 Å². The van der Waals surface area contributed by atoms with Crippen molar-refractivity contribution in [3.63, 3.8) is 0 Å². The molecule has 3 rings (SSSR count). The second-order valence-electron chi connectivity index (χ2n) is 7.49. The Morgan fingerprint density at radius 2 is 1.63 bits per heavy atom. The molecule has 2 aliphatic rings. The number of piperazine rings is 1. The van der Waals surface area contributed by atoms with E-state index in [1.54, 1.807) is 0 Å². The summed E-state index contributed by atoms with van der Waals surface area (Å²) < 4.78 is 56.0. The van der Waals surface area contributed by atoms with E-state index in [0.717, 1.165) is 6.07 Å². The highest BCUT2D eigenvalue weighted by atomic mass is 19.4. The number of piperidine rings is 1. The molecule has 0 atom stereocenters. The molecule has 6 nitrogen and oxygen atoms in total. The molecule has 2 amide bonds. The third-order valence-electron chi connectivity index (χ3n) is 5.26. The molecule has 2 heterocycles. The van der Waals surface area contributed by atoms with E-state index in [0.29, 0.717) is 70.6 Å². The predicted octanol–water partition coefficient (Wildman–Crippen LogP) is 2.82. The lowest BCUT2D eigenvalue weighted by atomic mass is 10.1. The first kappa shape index (κ1) is 22.3. The molecular formula is C20H25F4N3O3. The number of hydrogen-bond donors (Lipinski definition) is 0. The Kier molecular flexibility index (Phi) is 7.17. The summed E-state index contributed by atoms with van der Waals surface area (Å²) in [6.07, 6.45) is -2.36. The monoisotopic (exact) mass is 431 g/mol. The molecular weight excluding hydrogens is 406 g/mol. The summed E-state index contributed by atoms with van der Waals surface area (Å²) in [6.45, 7) is 1.96. The highest BCUT2D eigenvalue weighted by Gasteiger charge is 2.30. The molecule has 0 unspecified atom stereocenters. The van der Waals surface area contributed by atoms with Crippen molar-refractivity contribution in [1.29, 1.82) is 0 Å². The topological polar surface area (TPSA) is 53.1 Å². The van der Waals surface area contributed by atoms with E-state index < -0.39 is 18.6 Å². The van der Waals surface area contributed by atoms with E-state index in [2.05, 4.69) is 4.90 Å². The van der Waals surface area contributed by atoms with E-state index in [1.165, 1.54) is 17.0 Å². The summed E-state index contributed by atoms with van der Waals surface area (Å²) >= 11 is 0. The predicted molar refractivity (Wildman–Crippen MR) is 102 cm³/mol. The number of rotatable bonds is 7. The zero-order valence-corrected chi connectivity index (χ0v) is 16.6. The summed E-state index contributed by atoms with van der Waals surface area (Å²) in [7, 11) is 0. The highest BCUT2D eigenvalue weighted by Crippen LogP contribution is 2.31. The van der Waals surface area contributed by atoms with Gasteiger partial charge in [0.15, 0.2) is 6.61 Å². The Hall–Kier alpha value is -2.36. The molecule has 30 heavy (non-hydrogen) atoms. The number of hydrogen-bond acceptors (Lipinski definition) is 5. The number of ether oxygens (including phenoxy) is 1. The van der Waals surface area contributed by atoms with Gasteiger partial charge in [-0.3, -0.25) is 19.4 Å². The maximum atomic E-state index is 13.7. The minimum absolute atomic E-state index is 0.00398. The van der Waals surface area contributed by atoms with Crippen molar-refractivity contribution in [2.24, 2.45) is 0 Å². The number of carbonyl (C=O) groups is 2. The molecule has 1 aromatic rings. The quantitative estimate of drug-likeness (QED) is 0.491. The van der Waals surface area contributed by atoms with Crippen LogP contribution in [-0.2, 0) is 9.59 Å². The molecule has 0 spiro atoms. The third-order valence-corrected chi connectivity index (χ3v) is 5.26. The number of anilines is 1. The molecule has 0 N–H and O–H groups in total. The maximum Gasteiger partial charge on any atom is 0.422 e. The summed E-state index contributed by atoms with van der Waals surface area (Å²) in [6, 6.07) is 3.49. The van der Waals surface area contributed by atoms with Gasteiger partial charge in [0.25, 0.3) is 0 Å². The molecule has 0 saturated carbocycles. The van der Waals surface area contributed by atoms with E-state index in [4.69, 9.17) is 4.74 Å². The van der Waals surface area contributed by atoms with Crippen LogP contribution < -0.4 is 9.64 Å². The fraction of sp³-hybridized carbons (Fsp3) is 0.600. The van der Waals surface area contributed by atoms with Gasteiger partial charge < -0.3 is 9.64 Å². The van der Waals surface area contributed by atoms with Crippen molar-refractivity contribution >= 4 is 17.5 Å². The fourth-order valence-corrected chi connectivity index (χ4v) is 3.73. The summed E-state index contributed by atoms with van der Waals surface area (Å²) in [5.74, 6) is -0.769. The van der Waals surface area contributed by atoms with E-state index in [1.807, 2.05) is 4.90 Å². The number of halogens is 4. The molecule has 10 heteroatoms. The number of carbonyl (C=O) groups excluding carboxylic acids is 2. The average molecular weight is 431 g/mol. The lowest BCUT2D eigenvalue weighted by Gasteiger charge is -2.37. The summed E-state index contributed by atoms with van der Waals surface area (Å²) in [5, 5.41) is 0. The van der Waals surface area contributed by atoms with Gasteiger partial charge >= 0.3 is 6.18 Å². The van der Waals surface area contributed by atoms with E-state index in [-0.39, 0.29) is 17.6 Å². The van der Waals surface area contributed by atoms with Crippen molar-refractivity contribution < 1.29 is 31.9 Å². The van der Waals surface area contributed by atoms with Gasteiger partial charge in [-0.1, -0.05) is 0 Å². The van der Waals surface area contributed by atoms with Gasteiger partial charge in [0.2, 0.25) is 11.8 Å². The van der Waals surface area contributed by atoms with Gasteiger partial charge in [-0.15, -0.1) is 0 Å². The minimum atomic E-state index is -4.47. The van der Waals surface area contributed by atoms with Crippen molar-refractivity contribution in [1.82, 2.24) is 9.80 Å². The van der Waals surface area contributed by atoms with Crippen molar-refractivity contribution in [2.45, 2.75) is 31.9 Å². The second-order valence-corrected chi connectivity index (χ2v) is 7.49. The average Bonchev–Trinajstić information content (AvgIpc) is 2.69. The molecule has 2 saturated heterocycles. The minimum Gasteiger partial charge on any atom is -0.482 e. The molecule has 0 aliphatic carbocycles. The van der Waals surface area contributed by atoms with Gasteiger partial charge in [0.1, 0.15) is 11.6 Å². The largest absolute Gasteiger partial charge is 0.482 e. The first-order chi connectivity index (χ1) is 14.2. The third kappa shape index (κ3) is 6.07. The lowest BCUT2D eigenvalue weighted by Crippen LogP contribution is -2.47. The van der Waals surface area contributed by atoms with Crippen LogP contribution in [0.5, 0.6) is 5.75 Å². The Balaban J connectivity index is 1.50. The van der Waals surface area contributed by atoms with Crippen LogP contribution >= 0.6 is 0 Å². The van der Waals surface area contributed by atoms with Crippen LogP contribution in [-0.4, -0.2) is 73.7 Å². The van der Waals surface area contributed by atoms with Gasteiger partial charge in [0, 0.05) is 51.6 Å². The Bertz CT molecular complexity index is 748. The summed E-state index contributed by atoms with van der Waals surface area (Å²) in [5.41, 5.74) is 0.309. The fourth-order valence-electron chi connectivity index (χ4n) is 3.73. The number of amides is 2. The van der Waals surface area contributed by atoms with Crippen LogP contribution in [0.4, 0.5) is 23.2 Å². The maximum absolute atomic E-state index is 13.7. The number of nitrogens with zero attached hydrogens (tertiary/aromatic N) is 3. The molecule has 2 fully saturated rings. The molecule has 166 valence electrons. The first-order valence-electron chi connectivity index (χ1n) is 10.0. The standard InChI is InChI=1S/C20H25F4N3O3/c21-15-5-6-17(30-14-20(22,23)24)16(13-15)26-11-9-25(10-12-26)7-2-8-27-18(28)3-1-4-19(27)29/h5-6,13H,1-4,7-12,14H2. The number of imide groups is 1. The Morgan fingerprint density at radius 3 is 2.27 bits per heavy atom. The van der Waals surface area contributed by atoms with Gasteiger partial charge in [0.05, 0.1) is 5.69 Å². The van der Waals surface area contributed by atoms with Crippen LogP contribution in [0.3, 0.4) is 0 Å². The molecule has 1 aromatic carbocycles. The SMILES string of the molecule is O=C1CCCC(=O)N1CCCN1CCN(c2cc(F)ccc2OCC(F)(F)F)CC1. The van der Waals surface area contributed by atoms with Gasteiger partial charge in [-0.2, -0.15) is 13.2 Å². The molecule has 2 aliphatic heterocycles. The smallest absolute Gasteiger partial charge is 0.422 e. The first-order valence-corrected chi connectivity index (χ1v) is 10.0. The van der Waals surface area contributed by atoms with Gasteiger partial charge in [-0.25, -0.2) is 4.39 Å². The van der Waals surface area contributed by atoms with Crippen LogP contribution in [0.2, 0.25) is 0 Å². The number of alkyl halides is 3. The zero-order valence-electron chi connectivity index (χ0n) is 16.6. The van der Waals surface area contributed by atoms with E-state index in [9.17, 15) is 27.2 Å². The van der Waals surface area contributed by atoms with Crippen molar-refractivity contribution in [2.75, 3.05) is 50.8 Å². The molecule has 0 aromatic heterocycles. The number of likely N-dealkylation sites (tertiary alicyclic amines) is 1.